The van der Waals surface area contributed by atoms with E-state index in [9.17, 15) is 28.9 Å². The molecule has 1 unspecified atom stereocenters. The Balaban J connectivity index is 1.69. The third-order valence-electron chi connectivity index (χ3n) is 5.21. The standard InChI is InChI=1S/C23H15BrFN3O5/c24-14-7-10-19(18(25)12-14)26-21(29)20(11-13-5-8-15(9-6-13)28(32)33)27-22(30)16-3-1-2-4-17(16)23(27)31/h1-10,12,20H,11H2,(H,26,29). The summed E-state index contributed by atoms with van der Waals surface area (Å²) >= 11 is 3.14. The summed E-state index contributed by atoms with van der Waals surface area (Å²) in [5.74, 6) is -2.76. The summed E-state index contributed by atoms with van der Waals surface area (Å²) in [6.45, 7) is 0. The number of nitrogens with zero attached hydrogens (tertiary/aromatic N) is 2. The van der Waals surface area contributed by atoms with E-state index in [0.717, 1.165) is 4.90 Å². The summed E-state index contributed by atoms with van der Waals surface area (Å²) in [6, 6.07) is 14.3. The second kappa shape index (κ2) is 8.91. The number of benzene rings is 3. The topological polar surface area (TPSA) is 110 Å². The molecular formula is C23H15BrFN3O5. The van der Waals surface area contributed by atoms with E-state index in [1.54, 1.807) is 12.1 Å². The number of imide groups is 1. The fourth-order valence-corrected chi connectivity index (χ4v) is 3.91. The number of anilines is 1. The first-order valence-corrected chi connectivity index (χ1v) is 10.5. The number of nitro groups is 1. The predicted octanol–water partition coefficient (Wildman–Crippen LogP) is 4.34. The van der Waals surface area contributed by atoms with Crippen molar-refractivity contribution < 1.29 is 23.7 Å². The molecule has 0 radical (unpaired) electrons. The number of hydrogen-bond donors (Lipinski definition) is 1. The van der Waals surface area contributed by atoms with Gasteiger partial charge in [0.15, 0.2) is 0 Å². The highest BCUT2D eigenvalue weighted by Crippen LogP contribution is 2.28. The van der Waals surface area contributed by atoms with Gasteiger partial charge in [0.1, 0.15) is 11.9 Å². The van der Waals surface area contributed by atoms with E-state index in [0.29, 0.717) is 10.0 Å². The Morgan fingerprint density at radius 3 is 2.18 bits per heavy atom. The van der Waals surface area contributed by atoms with E-state index in [4.69, 9.17) is 0 Å². The van der Waals surface area contributed by atoms with Crippen LogP contribution in [0.4, 0.5) is 15.8 Å². The van der Waals surface area contributed by atoms with Crippen molar-refractivity contribution in [1.29, 1.82) is 0 Å². The number of hydrogen-bond acceptors (Lipinski definition) is 5. The van der Waals surface area contributed by atoms with Crippen LogP contribution >= 0.6 is 15.9 Å². The van der Waals surface area contributed by atoms with Gasteiger partial charge in [0.2, 0.25) is 5.91 Å². The van der Waals surface area contributed by atoms with Gasteiger partial charge in [-0.2, -0.15) is 0 Å². The molecule has 33 heavy (non-hydrogen) atoms. The predicted molar refractivity (Wildman–Crippen MR) is 120 cm³/mol. The Kier molecular flexibility index (Phi) is 6.01. The Morgan fingerprint density at radius 1 is 1.03 bits per heavy atom. The first kappa shape index (κ1) is 22.3. The highest BCUT2D eigenvalue weighted by atomic mass is 79.9. The zero-order chi connectivity index (χ0) is 23.7. The molecular weight excluding hydrogens is 497 g/mol. The molecule has 0 aliphatic carbocycles. The normalized spacial score (nSPS) is 13.6. The van der Waals surface area contributed by atoms with Gasteiger partial charge in [0.25, 0.3) is 17.5 Å². The lowest BCUT2D eigenvalue weighted by molar-refractivity contribution is -0.384. The number of rotatable bonds is 6. The van der Waals surface area contributed by atoms with Gasteiger partial charge in [-0.25, -0.2) is 4.39 Å². The maximum Gasteiger partial charge on any atom is 0.269 e. The SMILES string of the molecule is O=C(Nc1ccc(Br)cc1F)C(Cc1ccc([N+](=O)[O-])cc1)N1C(=O)c2ccccc2C1=O. The fraction of sp³-hybridized carbons (Fsp3) is 0.0870. The van der Waals surface area contributed by atoms with Crippen LogP contribution in [0.1, 0.15) is 26.3 Å². The third kappa shape index (κ3) is 4.37. The van der Waals surface area contributed by atoms with Crippen molar-refractivity contribution in [3.05, 3.63) is 104 Å². The number of carbonyl (C=O) groups is 3. The van der Waals surface area contributed by atoms with Gasteiger partial charge in [-0.15, -0.1) is 0 Å². The molecule has 0 spiro atoms. The van der Waals surface area contributed by atoms with Gasteiger partial charge in [0, 0.05) is 23.0 Å². The van der Waals surface area contributed by atoms with E-state index in [1.807, 2.05) is 0 Å². The molecule has 0 fully saturated rings. The van der Waals surface area contributed by atoms with Crippen LogP contribution < -0.4 is 5.32 Å². The van der Waals surface area contributed by atoms with Crippen LogP contribution in [0.2, 0.25) is 0 Å². The van der Waals surface area contributed by atoms with E-state index in [2.05, 4.69) is 21.2 Å². The summed E-state index contributed by atoms with van der Waals surface area (Å²) in [5, 5.41) is 13.4. The van der Waals surface area contributed by atoms with Gasteiger partial charge in [0.05, 0.1) is 21.7 Å². The Labute approximate surface area is 195 Å². The summed E-state index contributed by atoms with van der Waals surface area (Å²) < 4.78 is 14.8. The number of amides is 3. The van der Waals surface area contributed by atoms with E-state index in [-0.39, 0.29) is 28.9 Å². The largest absolute Gasteiger partial charge is 0.322 e. The summed E-state index contributed by atoms with van der Waals surface area (Å²) in [5.41, 5.74) is 0.553. The number of non-ortho nitro benzene ring substituents is 1. The van der Waals surface area contributed by atoms with Crippen LogP contribution in [0.3, 0.4) is 0 Å². The van der Waals surface area contributed by atoms with Crippen molar-refractivity contribution in [1.82, 2.24) is 4.90 Å². The van der Waals surface area contributed by atoms with E-state index < -0.39 is 34.5 Å². The summed E-state index contributed by atoms with van der Waals surface area (Å²) in [6.07, 6.45) is -0.118. The van der Waals surface area contributed by atoms with Gasteiger partial charge in [-0.05, 0) is 35.9 Å². The average Bonchev–Trinajstić information content (AvgIpc) is 3.04. The summed E-state index contributed by atoms with van der Waals surface area (Å²) in [7, 11) is 0. The molecule has 10 heteroatoms. The highest BCUT2D eigenvalue weighted by molar-refractivity contribution is 9.10. The van der Waals surface area contributed by atoms with Crippen molar-refractivity contribution in [3.63, 3.8) is 0 Å². The molecule has 1 atom stereocenters. The zero-order valence-electron chi connectivity index (χ0n) is 16.8. The van der Waals surface area contributed by atoms with Crippen molar-refractivity contribution in [2.45, 2.75) is 12.5 Å². The van der Waals surface area contributed by atoms with Crippen LogP contribution in [-0.4, -0.2) is 33.6 Å². The Hall–Kier alpha value is -3.92. The zero-order valence-corrected chi connectivity index (χ0v) is 18.4. The molecule has 0 saturated carbocycles. The monoisotopic (exact) mass is 511 g/mol. The van der Waals surface area contributed by atoms with Crippen molar-refractivity contribution in [2.75, 3.05) is 5.32 Å². The van der Waals surface area contributed by atoms with Gasteiger partial charge >= 0.3 is 0 Å². The first-order valence-electron chi connectivity index (χ1n) is 9.72. The smallest absolute Gasteiger partial charge is 0.269 e. The maximum absolute atomic E-state index is 14.3. The number of nitro benzene ring substituents is 1. The molecule has 1 N–H and O–H groups in total. The van der Waals surface area contributed by atoms with Crippen LogP contribution in [0, 0.1) is 15.9 Å². The minimum atomic E-state index is -1.32. The lowest BCUT2D eigenvalue weighted by Gasteiger charge is -2.25. The minimum absolute atomic E-state index is 0.117. The van der Waals surface area contributed by atoms with Crippen LogP contribution in [-0.2, 0) is 11.2 Å². The second-order valence-corrected chi connectivity index (χ2v) is 8.20. The van der Waals surface area contributed by atoms with Crippen LogP contribution in [0.15, 0.2) is 71.2 Å². The quantitative estimate of drug-likeness (QED) is 0.300. The van der Waals surface area contributed by atoms with Gasteiger partial charge in [-0.1, -0.05) is 40.2 Å². The molecule has 3 amide bonds. The number of carbonyl (C=O) groups excluding carboxylic acids is 3. The van der Waals surface area contributed by atoms with Gasteiger partial charge < -0.3 is 5.32 Å². The summed E-state index contributed by atoms with van der Waals surface area (Å²) in [4.78, 5) is 50.4. The average molecular weight is 512 g/mol. The number of halogens is 2. The number of fused-ring (bicyclic) bond motifs is 1. The Morgan fingerprint density at radius 2 is 1.64 bits per heavy atom. The van der Waals surface area contributed by atoms with Crippen molar-refractivity contribution >= 4 is 45.0 Å². The molecule has 1 heterocycles. The lowest BCUT2D eigenvalue weighted by Crippen LogP contribution is -2.48. The molecule has 3 aromatic carbocycles. The molecule has 0 bridgehead atoms. The third-order valence-corrected chi connectivity index (χ3v) is 5.70. The van der Waals surface area contributed by atoms with Gasteiger partial charge in [-0.3, -0.25) is 29.4 Å². The second-order valence-electron chi connectivity index (χ2n) is 7.28. The Bertz CT molecular complexity index is 1260. The minimum Gasteiger partial charge on any atom is -0.322 e. The van der Waals surface area contributed by atoms with Crippen molar-refractivity contribution in [2.24, 2.45) is 0 Å². The van der Waals surface area contributed by atoms with Crippen LogP contribution in [0.5, 0.6) is 0 Å². The molecule has 166 valence electrons. The first-order chi connectivity index (χ1) is 15.8. The molecule has 8 nitrogen and oxygen atoms in total. The molecule has 4 rings (SSSR count). The molecule has 0 saturated heterocycles. The maximum atomic E-state index is 14.3. The van der Waals surface area contributed by atoms with Crippen molar-refractivity contribution in [3.8, 4) is 0 Å². The molecule has 0 aromatic heterocycles. The van der Waals surface area contributed by atoms with E-state index >= 15 is 0 Å². The highest BCUT2D eigenvalue weighted by Gasteiger charge is 2.42. The molecule has 3 aromatic rings. The van der Waals surface area contributed by atoms with Crippen LogP contribution in [0.25, 0.3) is 0 Å². The lowest BCUT2D eigenvalue weighted by atomic mass is 10.0. The molecule has 1 aliphatic rings. The molecule has 1 aliphatic heterocycles. The fourth-order valence-electron chi connectivity index (χ4n) is 3.58. The number of nitrogens with one attached hydrogen (secondary N) is 1. The van der Waals surface area contributed by atoms with E-state index in [1.165, 1.54) is 54.6 Å².